The molecule has 0 fully saturated rings. The summed E-state index contributed by atoms with van der Waals surface area (Å²) in [5.41, 5.74) is 25.2. The van der Waals surface area contributed by atoms with Crippen LogP contribution in [0.2, 0.25) is 0 Å². The first kappa shape index (κ1) is 47.3. The molecular weight excluding hydrogens is 858 g/mol. The van der Waals surface area contributed by atoms with Crippen molar-refractivity contribution in [2.75, 3.05) is 14.7 Å². The maximum Gasteiger partial charge on any atom is 0.252 e. The molecule has 71 heavy (non-hydrogen) atoms. The number of hydrogen-bond donors (Lipinski definition) is 0. The molecule has 7 aromatic rings. The summed E-state index contributed by atoms with van der Waals surface area (Å²) in [6.45, 7) is 36.3. The summed E-state index contributed by atoms with van der Waals surface area (Å²) in [6, 6.07) is 54.5. The third-order valence-corrected chi connectivity index (χ3v) is 17.6. The first-order chi connectivity index (χ1) is 33.4. The van der Waals surface area contributed by atoms with Crippen LogP contribution in [-0.2, 0) is 32.5 Å². The van der Waals surface area contributed by atoms with Gasteiger partial charge >= 0.3 is 0 Å². The van der Waals surface area contributed by atoms with Gasteiger partial charge in [-0.05, 0) is 193 Å². The molecule has 4 heteroatoms. The van der Waals surface area contributed by atoms with E-state index < -0.39 is 0 Å². The maximum absolute atomic E-state index is 2.72. The van der Waals surface area contributed by atoms with Gasteiger partial charge in [0.15, 0.2) is 0 Å². The highest BCUT2D eigenvalue weighted by molar-refractivity contribution is 7.00. The first-order valence-electron chi connectivity index (χ1n) is 26.6. The summed E-state index contributed by atoms with van der Waals surface area (Å²) in [5, 5.41) is 0. The lowest BCUT2D eigenvalue weighted by molar-refractivity contribution is 0.332. The Balaban J connectivity index is 1.28. The van der Waals surface area contributed by atoms with Crippen molar-refractivity contribution in [3.05, 3.63) is 178 Å². The van der Waals surface area contributed by atoms with E-state index in [-0.39, 0.29) is 39.2 Å². The van der Waals surface area contributed by atoms with Crippen LogP contribution >= 0.6 is 0 Å². The van der Waals surface area contributed by atoms with Crippen molar-refractivity contribution in [3.8, 4) is 0 Å². The van der Waals surface area contributed by atoms with E-state index in [0.29, 0.717) is 0 Å². The standard InChI is InChI=1S/C67H76BN3/c1-43-26-27-44(62(2,3)4)36-56(43)71-57-40-49(69(46-22-18-16-19-23-46)47-24-20-17-21-25-47)29-31-54(57)68-55-41-52-53(67(14,15)35-34-66(52,12)13)42-58(55)70(59-37-45(63(5,6)7)38-60(71)61(59)68)48-28-30-50-51(39-48)65(10,11)33-32-64(50,8)9/h16-31,36-42H,32-35H2,1-15H3. The number of rotatable bonds is 5. The highest BCUT2D eigenvalue weighted by Gasteiger charge is 2.48. The molecule has 0 saturated heterocycles. The zero-order valence-corrected chi connectivity index (χ0v) is 45.5. The van der Waals surface area contributed by atoms with Crippen molar-refractivity contribution in [2.24, 2.45) is 0 Å². The SMILES string of the molecule is Cc1ccc(C(C)(C)C)cc1N1c2cc(N(c3ccccc3)c3ccccc3)ccc2B2c3cc4c(cc3N(c3ccc5c(c3)C(C)(C)CCC5(C)C)c3cc(C(C)(C)C)cc1c32)C(C)(C)CCC4(C)C. The Morgan fingerprint density at radius 1 is 0.408 bits per heavy atom. The lowest BCUT2D eigenvalue weighted by atomic mass is 9.33. The Labute approximate surface area is 427 Å². The third-order valence-electron chi connectivity index (χ3n) is 17.6. The van der Waals surface area contributed by atoms with Gasteiger partial charge in [-0.15, -0.1) is 0 Å². The Kier molecular flexibility index (Phi) is 10.7. The molecule has 0 amide bonds. The average Bonchev–Trinajstić information content (AvgIpc) is 3.32. The molecule has 3 nitrogen and oxygen atoms in total. The monoisotopic (exact) mass is 934 g/mol. The predicted octanol–water partition coefficient (Wildman–Crippen LogP) is 16.8. The zero-order chi connectivity index (χ0) is 50.4. The van der Waals surface area contributed by atoms with Crippen molar-refractivity contribution in [1.82, 2.24) is 0 Å². The second-order valence-corrected chi connectivity index (χ2v) is 26.5. The van der Waals surface area contributed by atoms with Gasteiger partial charge in [-0.25, -0.2) is 0 Å². The van der Waals surface area contributed by atoms with Crippen molar-refractivity contribution in [1.29, 1.82) is 0 Å². The van der Waals surface area contributed by atoms with E-state index in [1.807, 2.05) is 0 Å². The zero-order valence-electron chi connectivity index (χ0n) is 45.5. The quantitative estimate of drug-likeness (QED) is 0.159. The first-order valence-corrected chi connectivity index (χ1v) is 26.6. The molecule has 0 atom stereocenters. The highest BCUT2D eigenvalue weighted by atomic mass is 15.2. The lowest BCUT2D eigenvalue weighted by Gasteiger charge is -2.48. The van der Waals surface area contributed by atoms with Gasteiger partial charge in [0.25, 0.3) is 6.71 Å². The van der Waals surface area contributed by atoms with E-state index in [1.54, 1.807) is 0 Å². The number of fused-ring (bicyclic) bond motifs is 6. The number of para-hydroxylation sites is 2. The molecule has 7 aromatic carbocycles. The Morgan fingerprint density at radius 3 is 1.46 bits per heavy atom. The second kappa shape index (κ2) is 16.0. The summed E-state index contributed by atoms with van der Waals surface area (Å²) in [6.07, 6.45) is 4.70. The van der Waals surface area contributed by atoms with Crippen LogP contribution in [0.25, 0.3) is 0 Å². The van der Waals surface area contributed by atoms with Crippen LogP contribution in [0.1, 0.15) is 162 Å². The molecule has 0 aromatic heterocycles. The molecule has 4 aliphatic rings. The molecule has 0 unspecified atom stereocenters. The molecule has 0 radical (unpaired) electrons. The Bertz CT molecular complexity index is 3210. The van der Waals surface area contributed by atoms with Gasteiger partial charge in [-0.2, -0.15) is 0 Å². The molecule has 11 rings (SSSR count). The van der Waals surface area contributed by atoms with Crippen LogP contribution in [-0.4, -0.2) is 6.71 Å². The summed E-state index contributed by atoms with van der Waals surface area (Å²) in [5.74, 6) is 0. The molecule has 0 saturated carbocycles. The number of benzene rings is 7. The third kappa shape index (κ3) is 7.68. The van der Waals surface area contributed by atoms with Gasteiger partial charge in [-0.3, -0.25) is 0 Å². The van der Waals surface area contributed by atoms with Gasteiger partial charge < -0.3 is 14.7 Å². The number of nitrogens with zero attached hydrogens (tertiary/aromatic N) is 3. The van der Waals surface area contributed by atoms with Crippen LogP contribution in [0.3, 0.4) is 0 Å². The van der Waals surface area contributed by atoms with Crippen LogP contribution in [0.5, 0.6) is 0 Å². The highest BCUT2D eigenvalue weighted by Crippen LogP contribution is 2.54. The van der Waals surface area contributed by atoms with E-state index in [0.717, 1.165) is 17.1 Å². The molecule has 0 spiro atoms. The molecule has 2 heterocycles. The number of aryl methyl sites for hydroxylation is 1. The van der Waals surface area contributed by atoms with Gasteiger partial charge in [0.05, 0.1) is 0 Å². The van der Waals surface area contributed by atoms with Gasteiger partial charge in [0, 0.05) is 51.2 Å². The topological polar surface area (TPSA) is 9.72 Å². The molecule has 2 aliphatic heterocycles. The molecule has 2 aliphatic carbocycles. The van der Waals surface area contributed by atoms with Gasteiger partial charge in [0.2, 0.25) is 0 Å². The molecule has 0 bridgehead atoms. The van der Waals surface area contributed by atoms with E-state index in [1.165, 1.54) is 115 Å². The maximum atomic E-state index is 2.72. The van der Waals surface area contributed by atoms with Gasteiger partial charge in [0.1, 0.15) is 0 Å². The largest absolute Gasteiger partial charge is 0.311 e. The van der Waals surface area contributed by atoms with Crippen LogP contribution in [0.4, 0.5) is 51.2 Å². The van der Waals surface area contributed by atoms with Crippen LogP contribution in [0, 0.1) is 6.92 Å². The van der Waals surface area contributed by atoms with E-state index >= 15 is 0 Å². The molecular formula is C67H76BN3. The minimum atomic E-state index is -0.135. The summed E-state index contributed by atoms with van der Waals surface area (Å²) in [7, 11) is 0. The van der Waals surface area contributed by atoms with E-state index in [9.17, 15) is 0 Å². The Hall–Kier alpha value is -6.00. The minimum absolute atomic E-state index is 0.00675. The lowest BCUT2D eigenvalue weighted by Crippen LogP contribution is -2.62. The normalized spacial score (nSPS) is 17.9. The molecule has 0 N–H and O–H groups in total. The van der Waals surface area contributed by atoms with E-state index in [4.69, 9.17) is 0 Å². The predicted molar refractivity (Wildman–Crippen MR) is 308 cm³/mol. The van der Waals surface area contributed by atoms with Gasteiger partial charge in [-0.1, -0.05) is 164 Å². The summed E-state index contributed by atoms with van der Waals surface area (Å²) in [4.78, 5) is 7.83. The fourth-order valence-corrected chi connectivity index (χ4v) is 12.8. The minimum Gasteiger partial charge on any atom is -0.311 e. The van der Waals surface area contributed by atoms with Crippen molar-refractivity contribution in [3.63, 3.8) is 0 Å². The van der Waals surface area contributed by atoms with Crippen LogP contribution < -0.4 is 31.1 Å². The second-order valence-electron chi connectivity index (χ2n) is 26.5. The Morgan fingerprint density at radius 2 is 0.901 bits per heavy atom. The van der Waals surface area contributed by atoms with Crippen molar-refractivity contribution in [2.45, 2.75) is 162 Å². The van der Waals surface area contributed by atoms with E-state index in [2.05, 4.69) is 258 Å². The number of hydrogen-bond acceptors (Lipinski definition) is 3. The van der Waals surface area contributed by atoms with Crippen LogP contribution in [0.15, 0.2) is 140 Å². The summed E-state index contributed by atoms with van der Waals surface area (Å²) >= 11 is 0. The number of anilines is 9. The fraction of sp³-hybridized carbons (Fsp3) is 0.373. The average molecular weight is 934 g/mol. The summed E-state index contributed by atoms with van der Waals surface area (Å²) < 4.78 is 0. The molecule has 362 valence electrons. The smallest absolute Gasteiger partial charge is 0.252 e. The van der Waals surface area contributed by atoms with Crippen molar-refractivity contribution >= 4 is 74.3 Å². The fourth-order valence-electron chi connectivity index (χ4n) is 12.8. The van der Waals surface area contributed by atoms with Crippen molar-refractivity contribution < 1.29 is 0 Å².